The number of rotatable bonds is 3. The fourth-order valence-electron chi connectivity index (χ4n) is 2.94. The molecule has 1 N–H and O–H groups in total. The lowest BCUT2D eigenvalue weighted by Crippen LogP contribution is -2.49. The van der Waals surface area contributed by atoms with Crippen LogP contribution in [0, 0.1) is 5.92 Å². The second-order valence-electron chi connectivity index (χ2n) is 5.75. The van der Waals surface area contributed by atoms with Crippen LogP contribution in [-0.4, -0.2) is 36.1 Å². The molecular weight excluding hydrogens is 184 g/mol. The number of hydrogen-bond acceptors (Lipinski definition) is 2. The maximum Gasteiger partial charge on any atom is 0.0111 e. The highest BCUT2D eigenvalue weighted by Gasteiger charge is 2.31. The van der Waals surface area contributed by atoms with Crippen LogP contribution in [0.1, 0.15) is 46.5 Å². The van der Waals surface area contributed by atoms with Gasteiger partial charge >= 0.3 is 0 Å². The minimum absolute atomic E-state index is 0.669. The Balaban J connectivity index is 1.80. The molecule has 0 bridgehead atoms. The standard InChI is InChI=1S/C13H26N2/c1-10(2)11(3)14-12-6-8-15-7-4-5-13(15)9-12/h10-14H,4-9H2,1-3H3. The lowest BCUT2D eigenvalue weighted by Gasteiger charge is -2.37. The molecule has 0 amide bonds. The van der Waals surface area contributed by atoms with Crippen molar-refractivity contribution >= 4 is 0 Å². The molecule has 0 aromatic rings. The van der Waals surface area contributed by atoms with Crippen molar-refractivity contribution in [2.75, 3.05) is 13.1 Å². The molecule has 0 aliphatic carbocycles. The SMILES string of the molecule is CC(C)C(C)NC1CCN2CCCC2C1. The fraction of sp³-hybridized carbons (Fsp3) is 1.00. The second kappa shape index (κ2) is 4.84. The van der Waals surface area contributed by atoms with E-state index in [1.54, 1.807) is 0 Å². The van der Waals surface area contributed by atoms with E-state index >= 15 is 0 Å². The Morgan fingerprint density at radius 2 is 1.93 bits per heavy atom. The van der Waals surface area contributed by atoms with Crippen molar-refractivity contribution in [3.63, 3.8) is 0 Å². The van der Waals surface area contributed by atoms with Gasteiger partial charge in [0.15, 0.2) is 0 Å². The van der Waals surface area contributed by atoms with Crippen LogP contribution in [0.2, 0.25) is 0 Å². The highest BCUT2D eigenvalue weighted by molar-refractivity contribution is 4.90. The molecule has 0 aromatic heterocycles. The van der Waals surface area contributed by atoms with E-state index in [1.807, 2.05) is 0 Å². The number of piperidine rings is 1. The molecule has 3 unspecified atom stereocenters. The highest BCUT2D eigenvalue weighted by Crippen LogP contribution is 2.27. The molecule has 0 radical (unpaired) electrons. The van der Waals surface area contributed by atoms with Crippen molar-refractivity contribution in [3.05, 3.63) is 0 Å². The summed E-state index contributed by atoms with van der Waals surface area (Å²) in [5.74, 6) is 0.756. The van der Waals surface area contributed by atoms with Gasteiger partial charge in [-0.15, -0.1) is 0 Å². The van der Waals surface area contributed by atoms with E-state index in [2.05, 4.69) is 31.0 Å². The molecular formula is C13H26N2. The maximum absolute atomic E-state index is 3.80. The lowest BCUT2D eigenvalue weighted by atomic mass is 9.95. The van der Waals surface area contributed by atoms with Gasteiger partial charge in [-0.3, -0.25) is 0 Å². The van der Waals surface area contributed by atoms with Crippen LogP contribution >= 0.6 is 0 Å². The van der Waals surface area contributed by atoms with Crippen LogP contribution < -0.4 is 5.32 Å². The van der Waals surface area contributed by atoms with Gasteiger partial charge < -0.3 is 10.2 Å². The summed E-state index contributed by atoms with van der Waals surface area (Å²) in [7, 11) is 0. The zero-order chi connectivity index (χ0) is 10.8. The Kier molecular flexibility index (Phi) is 3.68. The third kappa shape index (κ3) is 2.73. The number of nitrogens with one attached hydrogen (secondary N) is 1. The van der Waals surface area contributed by atoms with Crippen molar-refractivity contribution < 1.29 is 0 Å². The van der Waals surface area contributed by atoms with E-state index in [0.717, 1.165) is 18.0 Å². The largest absolute Gasteiger partial charge is 0.311 e. The molecule has 15 heavy (non-hydrogen) atoms. The first-order valence-electron chi connectivity index (χ1n) is 6.67. The normalized spacial score (nSPS) is 34.4. The molecule has 3 atom stereocenters. The number of hydrogen-bond donors (Lipinski definition) is 1. The molecule has 2 aliphatic heterocycles. The minimum Gasteiger partial charge on any atom is -0.311 e. The minimum atomic E-state index is 0.669. The lowest BCUT2D eigenvalue weighted by molar-refractivity contribution is 0.157. The Labute approximate surface area is 94.4 Å². The molecule has 2 saturated heterocycles. The van der Waals surface area contributed by atoms with Crippen molar-refractivity contribution in [3.8, 4) is 0 Å². The van der Waals surface area contributed by atoms with Crippen LogP contribution in [0.15, 0.2) is 0 Å². The van der Waals surface area contributed by atoms with Crippen molar-refractivity contribution in [2.24, 2.45) is 5.92 Å². The molecule has 2 heteroatoms. The highest BCUT2D eigenvalue weighted by atomic mass is 15.2. The summed E-state index contributed by atoms with van der Waals surface area (Å²) in [5, 5.41) is 3.80. The van der Waals surface area contributed by atoms with Gasteiger partial charge in [0.05, 0.1) is 0 Å². The average molecular weight is 210 g/mol. The summed E-state index contributed by atoms with van der Waals surface area (Å²) in [6, 6.07) is 2.35. The van der Waals surface area contributed by atoms with Crippen LogP contribution in [0.25, 0.3) is 0 Å². The molecule has 0 spiro atoms. The van der Waals surface area contributed by atoms with Crippen LogP contribution in [0.5, 0.6) is 0 Å². The monoisotopic (exact) mass is 210 g/mol. The first kappa shape index (κ1) is 11.4. The maximum atomic E-state index is 3.80. The van der Waals surface area contributed by atoms with E-state index in [1.165, 1.54) is 38.8 Å². The third-order valence-electron chi connectivity index (χ3n) is 4.32. The summed E-state index contributed by atoms with van der Waals surface area (Å²) >= 11 is 0. The molecule has 2 aliphatic rings. The van der Waals surface area contributed by atoms with E-state index in [-0.39, 0.29) is 0 Å². The van der Waals surface area contributed by atoms with Crippen LogP contribution in [0.3, 0.4) is 0 Å². The van der Waals surface area contributed by atoms with Gasteiger partial charge in [0.25, 0.3) is 0 Å². The summed E-state index contributed by atoms with van der Waals surface area (Å²) in [6.07, 6.45) is 5.61. The summed E-state index contributed by atoms with van der Waals surface area (Å²) in [4.78, 5) is 2.69. The van der Waals surface area contributed by atoms with Crippen LogP contribution in [-0.2, 0) is 0 Å². The zero-order valence-corrected chi connectivity index (χ0v) is 10.5. The zero-order valence-electron chi connectivity index (χ0n) is 10.5. The summed E-state index contributed by atoms with van der Waals surface area (Å²) in [6.45, 7) is 9.63. The van der Waals surface area contributed by atoms with Gasteiger partial charge in [0.2, 0.25) is 0 Å². The third-order valence-corrected chi connectivity index (χ3v) is 4.32. The topological polar surface area (TPSA) is 15.3 Å². The summed E-state index contributed by atoms with van der Waals surface area (Å²) in [5.41, 5.74) is 0. The second-order valence-corrected chi connectivity index (χ2v) is 5.75. The smallest absolute Gasteiger partial charge is 0.0111 e. The van der Waals surface area contributed by atoms with Gasteiger partial charge in [-0.05, 0) is 51.6 Å². The Morgan fingerprint density at radius 3 is 2.67 bits per heavy atom. The molecule has 0 saturated carbocycles. The molecule has 88 valence electrons. The van der Waals surface area contributed by atoms with Gasteiger partial charge in [0.1, 0.15) is 0 Å². The predicted molar refractivity (Wildman–Crippen MR) is 65.1 cm³/mol. The number of fused-ring (bicyclic) bond motifs is 1. The summed E-state index contributed by atoms with van der Waals surface area (Å²) < 4.78 is 0. The Bertz CT molecular complexity index is 201. The van der Waals surface area contributed by atoms with E-state index in [4.69, 9.17) is 0 Å². The van der Waals surface area contributed by atoms with Crippen LogP contribution in [0.4, 0.5) is 0 Å². The molecule has 2 nitrogen and oxygen atoms in total. The quantitative estimate of drug-likeness (QED) is 0.768. The van der Waals surface area contributed by atoms with E-state index in [0.29, 0.717) is 6.04 Å². The van der Waals surface area contributed by atoms with Crippen molar-refractivity contribution in [2.45, 2.75) is 64.6 Å². The predicted octanol–water partition coefficient (Wildman–Crippen LogP) is 2.25. The van der Waals surface area contributed by atoms with E-state index in [9.17, 15) is 0 Å². The Morgan fingerprint density at radius 1 is 1.13 bits per heavy atom. The van der Waals surface area contributed by atoms with Gasteiger partial charge in [-0.25, -0.2) is 0 Å². The molecule has 2 fully saturated rings. The Hall–Kier alpha value is -0.0800. The average Bonchev–Trinajstić information content (AvgIpc) is 2.64. The van der Waals surface area contributed by atoms with Gasteiger partial charge in [-0.1, -0.05) is 13.8 Å². The molecule has 2 heterocycles. The van der Waals surface area contributed by atoms with Crippen molar-refractivity contribution in [1.29, 1.82) is 0 Å². The number of nitrogens with zero attached hydrogens (tertiary/aromatic N) is 1. The van der Waals surface area contributed by atoms with Crippen molar-refractivity contribution in [1.82, 2.24) is 10.2 Å². The van der Waals surface area contributed by atoms with Gasteiger partial charge in [0, 0.05) is 18.1 Å². The molecule has 2 rings (SSSR count). The van der Waals surface area contributed by atoms with Gasteiger partial charge in [-0.2, -0.15) is 0 Å². The fourth-order valence-corrected chi connectivity index (χ4v) is 2.94. The molecule has 0 aromatic carbocycles. The first-order chi connectivity index (χ1) is 7.16. The van der Waals surface area contributed by atoms with E-state index < -0.39 is 0 Å². The first-order valence-corrected chi connectivity index (χ1v) is 6.67.